The van der Waals surface area contributed by atoms with Gasteiger partial charge in [-0.25, -0.2) is 17.5 Å². The fourth-order valence-electron chi connectivity index (χ4n) is 4.64. The van der Waals surface area contributed by atoms with Gasteiger partial charge in [0.25, 0.3) is 5.91 Å². The Balaban J connectivity index is 1.54. The second-order valence-corrected chi connectivity index (χ2v) is 11.9. The lowest BCUT2D eigenvalue weighted by Gasteiger charge is -2.29. The number of halogens is 1. The molecule has 41 heavy (non-hydrogen) atoms. The van der Waals surface area contributed by atoms with Gasteiger partial charge in [0.2, 0.25) is 10.0 Å². The molecule has 4 aromatic rings. The van der Waals surface area contributed by atoms with E-state index in [2.05, 4.69) is 12.2 Å². The summed E-state index contributed by atoms with van der Waals surface area (Å²) in [6, 6.07) is 23.0. The van der Waals surface area contributed by atoms with Gasteiger partial charge in [-0.15, -0.1) is 0 Å². The minimum Gasteiger partial charge on any atom is -0.321 e. The minimum absolute atomic E-state index is 0.156. The summed E-state index contributed by atoms with van der Waals surface area (Å²) in [7, 11) is -3.71. The summed E-state index contributed by atoms with van der Waals surface area (Å²) in [5, 5.41) is 17.1. The van der Waals surface area contributed by atoms with E-state index in [0.29, 0.717) is 41.5 Å². The smallest absolute Gasteiger partial charge is 0.266 e. The van der Waals surface area contributed by atoms with E-state index in [4.69, 9.17) is 5.10 Å². The van der Waals surface area contributed by atoms with Gasteiger partial charge in [-0.3, -0.25) is 4.79 Å². The number of hydrogen-bond donors (Lipinski definition) is 1. The van der Waals surface area contributed by atoms with Gasteiger partial charge in [0.1, 0.15) is 23.2 Å². The van der Waals surface area contributed by atoms with Gasteiger partial charge in [0.05, 0.1) is 10.6 Å². The second kappa shape index (κ2) is 11.9. The summed E-state index contributed by atoms with van der Waals surface area (Å²) in [4.78, 5) is 13.1. The number of aromatic nitrogens is 2. The van der Waals surface area contributed by atoms with Crippen LogP contribution in [0.5, 0.6) is 0 Å². The van der Waals surface area contributed by atoms with Gasteiger partial charge in [-0.1, -0.05) is 37.3 Å². The average molecular weight is 570 g/mol. The summed E-state index contributed by atoms with van der Waals surface area (Å²) in [5.74, 6) is -0.636. The van der Waals surface area contributed by atoms with E-state index in [1.807, 2.05) is 36.4 Å². The quantitative estimate of drug-likeness (QED) is 0.229. The monoisotopic (exact) mass is 569 g/mol. The van der Waals surface area contributed by atoms with Crippen LogP contribution in [0.3, 0.4) is 0 Å². The lowest BCUT2D eigenvalue weighted by atomic mass is 10.0. The number of para-hydroxylation sites is 1. The molecule has 1 fully saturated rings. The van der Waals surface area contributed by atoms with E-state index in [-0.39, 0.29) is 10.5 Å². The van der Waals surface area contributed by atoms with Crippen LogP contribution in [0, 0.1) is 23.1 Å². The molecule has 1 aliphatic heterocycles. The van der Waals surface area contributed by atoms with E-state index in [1.54, 1.807) is 35.1 Å². The van der Waals surface area contributed by atoms with Crippen LogP contribution in [0.15, 0.2) is 95.5 Å². The first-order valence-electron chi connectivity index (χ1n) is 13.2. The lowest BCUT2D eigenvalue weighted by Crippen LogP contribution is -2.37. The Bertz CT molecular complexity index is 1730. The highest BCUT2D eigenvalue weighted by molar-refractivity contribution is 7.89. The van der Waals surface area contributed by atoms with Crippen molar-refractivity contribution in [3.63, 3.8) is 0 Å². The SMILES string of the molecule is CC1CCN(S(=O)(=O)c2cccc(-c3nn(-c4ccccc4)cc3/C=C(\C#N)C(=O)Nc3ccc(F)cc3)c2)CC1. The molecule has 0 saturated carbocycles. The van der Waals surface area contributed by atoms with Crippen molar-refractivity contribution in [1.82, 2.24) is 14.1 Å². The zero-order valence-electron chi connectivity index (χ0n) is 22.4. The normalized spacial score (nSPS) is 14.9. The molecule has 5 rings (SSSR count). The van der Waals surface area contributed by atoms with Crippen molar-refractivity contribution in [2.45, 2.75) is 24.7 Å². The van der Waals surface area contributed by atoms with Crippen LogP contribution in [0.1, 0.15) is 25.3 Å². The summed E-state index contributed by atoms with van der Waals surface area (Å²) in [6.07, 6.45) is 4.72. The van der Waals surface area contributed by atoms with E-state index in [9.17, 15) is 22.9 Å². The van der Waals surface area contributed by atoms with Crippen LogP contribution in [-0.4, -0.2) is 41.5 Å². The Morgan fingerprint density at radius 3 is 2.44 bits per heavy atom. The zero-order chi connectivity index (χ0) is 29.0. The lowest BCUT2D eigenvalue weighted by molar-refractivity contribution is -0.112. The number of nitrogens with zero attached hydrogens (tertiary/aromatic N) is 4. The fraction of sp³-hybridized carbons (Fsp3) is 0.194. The van der Waals surface area contributed by atoms with E-state index in [1.165, 1.54) is 34.6 Å². The number of amides is 1. The molecular formula is C31H28FN5O3S. The Morgan fingerprint density at radius 1 is 1.05 bits per heavy atom. The average Bonchev–Trinajstić information content (AvgIpc) is 3.42. The van der Waals surface area contributed by atoms with Crippen molar-refractivity contribution in [3.8, 4) is 23.0 Å². The molecule has 0 radical (unpaired) electrons. The first kappa shape index (κ1) is 28.0. The number of carbonyl (C=O) groups excluding carboxylic acids is 1. The number of nitrogens with one attached hydrogen (secondary N) is 1. The highest BCUT2D eigenvalue weighted by Gasteiger charge is 2.28. The molecule has 1 N–H and O–H groups in total. The third-order valence-corrected chi connectivity index (χ3v) is 8.91. The van der Waals surface area contributed by atoms with Gasteiger partial charge in [-0.2, -0.15) is 14.7 Å². The first-order chi connectivity index (χ1) is 19.7. The maximum absolute atomic E-state index is 13.5. The number of hydrogen-bond acceptors (Lipinski definition) is 5. The van der Waals surface area contributed by atoms with Crippen molar-refractivity contribution in [2.24, 2.45) is 5.92 Å². The molecule has 3 aromatic carbocycles. The van der Waals surface area contributed by atoms with Crippen molar-refractivity contribution in [3.05, 3.63) is 102 Å². The van der Waals surface area contributed by atoms with Gasteiger partial charge >= 0.3 is 0 Å². The van der Waals surface area contributed by atoms with Crippen molar-refractivity contribution in [1.29, 1.82) is 5.26 Å². The summed E-state index contributed by atoms with van der Waals surface area (Å²) in [5.41, 5.74) is 2.25. The fourth-order valence-corrected chi connectivity index (χ4v) is 6.16. The predicted molar refractivity (Wildman–Crippen MR) is 155 cm³/mol. The van der Waals surface area contributed by atoms with Crippen molar-refractivity contribution in [2.75, 3.05) is 18.4 Å². The van der Waals surface area contributed by atoms with Crippen LogP contribution >= 0.6 is 0 Å². The molecule has 1 aliphatic rings. The third kappa shape index (κ3) is 6.27. The standard InChI is InChI=1S/C31H28FN5O3S/c1-22-14-16-36(17-15-22)41(39,40)29-9-5-6-23(19-29)30-25(21-37(35-30)28-7-3-2-4-8-28)18-24(20-33)31(38)34-27-12-10-26(32)11-13-27/h2-13,18-19,21-22H,14-17H2,1H3,(H,34,38)/b24-18+. The Morgan fingerprint density at radius 2 is 1.76 bits per heavy atom. The maximum Gasteiger partial charge on any atom is 0.266 e. The topological polar surface area (TPSA) is 108 Å². The summed E-state index contributed by atoms with van der Waals surface area (Å²) < 4.78 is 43.3. The molecule has 1 aromatic heterocycles. The highest BCUT2D eigenvalue weighted by Crippen LogP contribution is 2.30. The molecular weight excluding hydrogens is 541 g/mol. The number of anilines is 1. The molecule has 0 unspecified atom stereocenters. The van der Waals surface area contributed by atoms with Crippen LogP contribution < -0.4 is 5.32 Å². The van der Waals surface area contributed by atoms with Crippen LogP contribution in [0.4, 0.5) is 10.1 Å². The third-order valence-electron chi connectivity index (χ3n) is 7.02. The second-order valence-electron chi connectivity index (χ2n) is 9.96. The summed E-state index contributed by atoms with van der Waals surface area (Å²) in [6.45, 7) is 3.07. The zero-order valence-corrected chi connectivity index (χ0v) is 23.2. The van der Waals surface area contributed by atoms with Crippen molar-refractivity contribution >= 4 is 27.7 Å². The number of nitriles is 1. The molecule has 2 heterocycles. The van der Waals surface area contributed by atoms with E-state index in [0.717, 1.165) is 18.5 Å². The number of rotatable bonds is 7. The minimum atomic E-state index is -3.71. The molecule has 0 spiro atoms. The van der Waals surface area contributed by atoms with E-state index >= 15 is 0 Å². The molecule has 0 bridgehead atoms. The van der Waals surface area contributed by atoms with Gasteiger partial charge in [0.15, 0.2) is 0 Å². The maximum atomic E-state index is 13.5. The first-order valence-corrected chi connectivity index (χ1v) is 14.6. The molecule has 0 atom stereocenters. The molecule has 0 aliphatic carbocycles. The van der Waals surface area contributed by atoms with E-state index < -0.39 is 21.7 Å². The highest BCUT2D eigenvalue weighted by atomic mass is 32.2. The van der Waals surface area contributed by atoms with Gasteiger partial charge in [0, 0.05) is 36.1 Å². The number of piperidine rings is 1. The Kier molecular flexibility index (Phi) is 8.10. The Hall–Kier alpha value is -4.59. The molecule has 10 heteroatoms. The van der Waals surface area contributed by atoms with Crippen LogP contribution in [-0.2, 0) is 14.8 Å². The number of carbonyl (C=O) groups is 1. The Labute approximate surface area is 238 Å². The molecule has 1 amide bonds. The van der Waals surface area contributed by atoms with Crippen LogP contribution in [0.25, 0.3) is 23.0 Å². The molecule has 1 saturated heterocycles. The number of benzene rings is 3. The van der Waals surface area contributed by atoms with Gasteiger partial charge < -0.3 is 5.32 Å². The molecule has 208 valence electrons. The van der Waals surface area contributed by atoms with Crippen LogP contribution in [0.2, 0.25) is 0 Å². The molecule has 8 nitrogen and oxygen atoms in total. The number of sulfonamides is 1. The van der Waals surface area contributed by atoms with Crippen molar-refractivity contribution < 1.29 is 17.6 Å². The predicted octanol–water partition coefficient (Wildman–Crippen LogP) is 5.64. The van der Waals surface area contributed by atoms with Gasteiger partial charge in [-0.05, 0) is 73.4 Å². The largest absolute Gasteiger partial charge is 0.321 e. The summed E-state index contributed by atoms with van der Waals surface area (Å²) >= 11 is 0.